The summed E-state index contributed by atoms with van der Waals surface area (Å²) in [5.41, 5.74) is 2.35. The summed E-state index contributed by atoms with van der Waals surface area (Å²) in [6, 6.07) is 2.80. The predicted molar refractivity (Wildman–Crippen MR) is 79.8 cm³/mol. The Hall–Kier alpha value is -1.93. The SMILES string of the molecule is CCCN(CCN(C)C)c1cc([N+](=O)[O-])cc(NN)n1. The molecule has 20 heavy (non-hydrogen) atoms. The van der Waals surface area contributed by atoms with Crippen molar-refractivity contribution in [2.45, 2.75) is 13.3 Å². The summed E-state index contributed by atoms with van der Waals surface area (Å²) in [6.07, 6.45) is 0.934. The Morgan fingerprint density at radius 1 is 1.35 bits per heavy atom. The number of anilines is 2. The number of nitrogens with zero attached hydrogens (tertiary/aromatic N) is 4. The summed E-state index contributed by atoms with van der Waals surface area (Å²) in [4.78, 5) is 18.9. The number of nitrogens with two attached hydrogens (primary N) is 1. The first-order valence-electron chi connectivity index (χ1n) is 6.50. The largest absolute Gasteiger partial charge is 0.355 e. The second kappa shape index (κ2) is 7.61. The zero-order valence-corrected chi connectivity index (χ0v) is 12.2. The lowest BCUT2D eigenvalue weighted by molar-refractivity contribution is -0.384. The minimum Gasteiger partial charge on any atom is -0.355 e. The van der Waals surface area contributed by atoms with Crippen molar-refractivity contribution in [1.29, 1.82) is 0 Å². The molecular weight excluding hydrogens is 260 g/mol. The van der Waals surface area contributed by atoms with Crippen molar-refractivity contribution < 1.29 is 4.92 Å². The van der Waals surface area contributed by atoms with E-state index in [2.05, 4.69) is 22.2 Å². The van der Waals surface area contributed by atoms with Crippen molar-refractivity contribution in [3.05, 3.63) is 22.2 Å². The molecule has 1 aromatic heterocycles. The summed E-state index contributed by atoms with van der Waals surface area (Å²) in [5, 5.41) is 11.0. The van der Waals surface area contributed by atoms with Gasteiger partial charge in [0.1, 0.15) is 11.6 Å². The van der Waals surface area contributed by atoms with Gasteiger partial charge in [0.05, 0.1) is 17.1 Å². The molecule has 8 heteroatoms. The van der Waals surface area contributed by atoms with E-state index in [0.717, 1.165) is 26.1 Å². The van der Waals surface area contributed by atoms with Crippen LogP contribution in [0.3, 0.4) is 0 Å². The zero-order valence-electron chi connectivity index (χ0n) is 12.2. The summed E-state index contributed by atoms with van der Waals surface area (Å²) in [7, 11) is 3.97. The first-order valence-corrected chi connectivity index (χ1v) is 6.50. The Kier molecular flexibility index (Phi) is 6.13. The minimum absolute atomic E-state index is 0.0195. The molecule has 0 radical (unpaired) electrons. The second-order valence-electron chi connectivity index (χ2n) is 4.76. The summed E-state index contributed by atoms with van der Waals surface area (Å²) >= 11 is 0. The predicted octanol–water partition coefficient (Wildman–Crippen LogP) is 1.05. The number of hydrazine groups is 1. The van der Waals surface area contributed by atoms with Gasteiger partial charge in [-0.1, -0.05) is 6.92 Å². The summed E-state index contributed by atoms with van der Waals surface area (Å²) in [5.74, 6) is 6.18. The smallest absolute Gasteiger partial charge is 0.276 e. The lowest BCUT2D eigenvalue weighted by Crippen LogP contribution is -2.33. The Bertz CT molecular complexity index is 452. The molecule has 0 atom stereocenters. The number of likely N-dealkylation sites (N-methyl/N-ethyl adjacent to an activating group) is 1. The first-order chi connectivity index (χ1) is 9.47. The number of nitrogen functional groups attached to an aromatic ring is 1. The molecular formula is C12H22N6O2. The highest BCUT2D eigenvalue weighted by atomic mass is 16.6. The zero-order chi connectivity index (χ0) is 15.1. The maximum atomic E-state index is 11.0. The number of hydrogen-bond donors (Lipinski definition) is 2. The van der Waals surface area contributed by atoms with Gasteiger partial charge in [-0.2, -0.15) is 0 Å². The van der Waals surface area contributed by atoms with Gasteiger partial charge in [-0.15, -0.1) is 0 Å². The van der Waals surface area contributed by atoms with Crippen LogP contribution in [0.4, 0.5) is 17.3 Å². The van der Waals surface area contributed by atoms with Crippen molar-refractivity contribution in [3.8, 4) is 0 Å². The molecule has 1 aromatic rings. The molecule has 1 heterocycles. The molecule has 0 aliphatic carbocycles. The minimum atomic E-state index is -0.442. The molecule has 0 saturated heterocycles. The van der Waals surface area contributed by atoms with Crippen molar-refractivity contribution >= 4 is 17.3 Å². The molecule has 0 unspecified atom stereocenters. The number of pyridine rings is 1. The van der Waals surface area contributed by atoms with Gasteiger partial charge in [0.2, 0.25) is 0 Å². The molecule has 8 nitrogen and oxygen atoms in total. The van der Waals surface area contributed by atoms with E-state index in [-0.39, 0.29) is 5.69 Å². The second-order valence-corrected chi connectivity index (χ2v) is 4.76. The standard InChI is InChI=1S/C12H22N6O2/c1-4-5-17(7-6-16(2)3)12-9-10(18(19)20)8-11(14-12)15-13/h8-9H,4-7,13H2,1-3H3,(H,14,15). The van der Waals surface area contributed by atoms with Gasteiger partial charge in [-0.3, -0.25) is 10.1 Å². The molecule has 0 fully saturated rings. The van der Waals surface area contributed by atoms with Crippen LogP contribution in [-0.2, 0) is 0 Å². The van der Waals surface area contributed by atoms with E-state index in [9.17, 15) is 10.1 Å². The van der Waals surface area contributed by atoms with E-state index >= 15 is 0 Å². The molecule has 0 aliphatic heterocycles. The third kappa shape index (κ3) is 4.63. The van der Waals surface area contributed by atoms with Gasteiger partial charge in [-0.25, -0.2) is 10.8 Å². The van der Waals surface area contributed by atoms with Crippen LogP contribution in [0.5, 0.6) is 0 Å². The fourth-order valence-corrected chi connectivity index (χ4v) is 1.77. The molecule has 0 amide bonds. The van der Waals surface area contributed by atoms with E-state index in [1.807, 2.05) is 19.0 Å². The highest BCUT2D eigenvalue weighted by Gasteiger charge is 2.15. The fourth-order valence-electron chi connectivity index (χ4n) is 1.77. The Morgan fingerprint density at radius 3 is 2.55 bits per heavy atom. The van der Waals surface area contributed by atoms with Crippen molar-refractivity contribution in [2.24, 2.45) is 5.84 Å². The molecule has 0 spiro atoms. The molecule has 0 bridgehead atoms. The number of hydrogen-bond acceptors (Lipinski definition) is 7. The topological polar surface area (TPSA) is 101 Å². The van der Waals surface area contributed by atoms with Crippen LogP contribution >= 0.6 is 0 Å². The number of aromatic nitrogens is 1. The van der Waals surface area contributed by atoms with Gasteiger partial charge in [0.25, 0.3) is 5.69 Å². The van der Waals surface area contributed by atoms with Crippen molar-refractivity contribution in [3.63, 3.8) is 0 Å². The highest BCUT2D eigenvalue weighted by Crippen LogP contribution is 2.23. The molecule has 3 N–H and O–H groups in total. The molecule has 1 rings (SSSR count). The lowest BCUT2D eigenvalue weighted by atomic mass is 10.3. The van der Waals surface area contributed by atoms with E-state index in [0.29, 0.717) is 11.6 Å². The average Bonchev–Trinajstić information content (AvgIpc) is 2.42. The van der Waals surface area contributed by atoms with Gasteiger partial charge in [-0.05, 0) is 20.5 Å². The maximum Gasteiger partial charge on any atom is 0.276 e. The normalized spacial score (nSPS) is 10.7. The number of rotatable bonds is 8. The Balaban J connectivity index is 3.04. The molecule has 0 saturated carbocycles. The monoisotopic (exact) mass is 282 g/mol. The summed E-state index contributed by atoms with van der Waals surface area (Å²) in [6.45, 7) is 4.43. The highest BCUT2D eigenvalue weighted by molar-refractivity contribution is 5.55. The first kappa shape index (κ1) is 16.1. The third-order valence-electron chi connectivity index (χ3n) is 2.79. The number of nitro groups is 1. The van der Waals surface area contributed by atoms with Crippen molar-refractivity contribution in [2.75, 3.05) is 44.1 Å². The van der Waals surface area contributed by atoms with E-state index in [1.54, 1.807) is 0 Å². The van der Waals surface area contributed by atoms with E-state index in [4.69, 9.17) is 5.84 Å². The van der Waals surface area contributed by atoms with Crippen LogP contribution in [-0.4, -0.2) is 48.5 Å². The third-order valence-corrected chi connectivity index (χ3v) is 2.79. The van der Waals surface area contributed by atoms with Crippen LogP contribution in [0.15, 0.2) is 12.1 Å². The summed E-state index contributed by atoms with van der Waals surface area (Å²) < 4.78 is 0. The van der Waals surface area contributed by atoms with Crippen molar-refractivity contribution in [1.82, 2.24) is 9.88 Å². The van der Waals surface area contributed by atoms with Crippen LogP contribution in [0.1, 0.15) is 13.3 Å². The van der Waals surface area contributed by atoms with Crippen LogP contribution in [0.25, 0.3) is 0 Å². The van der Waals surface area contributed by atoms with E-state index < -0.39 is 4.92 Å². The Morgan fingerprint density at radius 2 is 2.05 bits per heavy atom. The molecule has 112 valence electrons. The van der Waals surface area contributed by atoms with Crippen LogP contribution < -0.4 is 16.2 Å². The average molecular weight is 282 g/mol. The van der Waals surface area contributed by atoms with Crippen LogP contribution in [0, 0.1) is 10.1 Å². The van der Waals surface area contributed by atoms with E-state index in [1.165, 1.54) is 12.1 Å². The van der Waals surface area contributed by atoms with Crippen LogP contribution in [0.2, 0.25) is 0 Å². The quantitative estimate of drug-likeness (QED) is 0.417. The molecule has 0 aliphatic rings. The Labute approximate surface area is 118 Å². The molecule has 0 aromatic carbocycles. The number of nitrogens with one attached hydrogen (secondary N) is 1. The van der Waals surface area contributed by atoms with Gasteiger partial charge in [0.15, 0.2) is 0 Å². The van der Waals surface area contributed by atoms with Gasteiger partial charge < -0.3 is 15.2 Å². The fraction of sp³-hybridized carbons (Fsp3) is 0.583. The van der Waals surface area contributed by atoms with Gasteiger partial charge >= 0.3 is 0 Å². The lowest BCUT2D eigenvalue weighted by Gasteiger charge is -2.25. The van der Waals surface area contributed by atoms with Gasteiger partial charge in [0, 0.05) is 19.6 Å². The maximum absolute atomic E-state index is 11.0.